The van der Waals surface area contributed by atoms with Gasteiger partial charge < -0.3 is 14.7 Å². The van der Waals surface area contributed by atoms with Gasteiger partial charge in [0.15, 0.2) is 5.54 Å². The van der Waals surface area contributed by atoms with Crippen molar-refractivity contribution < 1.29 is 19.4 Å². The minimum Gasteiger partial charge on any atom is -0.479 e. The van der Waals surface area contributed by atoms with Crippen molar-refractivity contribution in [1.82, 2.24) is 4.90 Å². The standard InChI is InChI=1S/C8H13NO4/c1-6-3-8(4-13-6,7(11)12)9(2)5-10/h5-6H,3-4H2,1-2H3,(H,11,12). The van der Waals surface area contributed by atoms with Gasteiger partial charge in [0.2, 0.25) is 6.41 Å². The van der Waals surface area contributed by atoms with Gasteiger partial charge in [-0.1, -0.05) is 0 Å². The molecular weight excluding hydrogens is 174 g/mol. The number of ether oxygens (including phenoxy) is 1. The predicted octanol–water partition coefficient (Wildman–Crippen LogP) is -0.293. The lowest BCUT2D eigenvalue weighted by atomic mass is 9.95. The number of hydrogen-bond acceptors (Lipinski definition) is 3. The third-order valence-electron chi connectivity index (χ3n) is 2.46. The second-order valence-corrected chi connectivity index (χ2v) is 3.38. The zero-order valence-corrected chi connectivity index (χ0v) is 7.69. The summed E-state index contributed by atoms with van der Waals surface area (Å²) in [5.41, 5.74) is -1.17. The van der Waals surface area contributed by atoms with E-state index < -0.39 is 11.5 Å². The van der Waals surface area contributed by atoms with Crippen LogP contribution in [0.5, 0.6) is 0 Å². The Labute approximate surface area is 76.3 Å². The Morgan fingerprint density at radius 3 is 2.69 bits per heavy atom. The summed E-state index contributed by atoms with van der Waals surface area (Å²) >= 11 is 0. The molecular formula is C8H13NO4. The van der Waals surface area contributed by atoms with Crippen molar-refractivity contribution in [3.8, 4) is 0 Å². The van der Waals surface area contributed by atoms with Crippen molar-refractivity contribution in [3.05, 3.63) is 0 Å². The molecule has 0 aromatic heterocycles. The van der Waals surface area contributed by atoms with Gasteiger partial charge in [0.25, 0.3) is 0 Å². The Bertz CT molecular complexity index is 230. The molecule has 1 amide bonds. The monoisotopic (exact) mass is 187 g/mol. The zero-order chi connectivity index (χ0) is 10.1. The van der Waals surface area contributed by atoms with E-state index in [2.05, 4.69) is 0 Å². The fraction of sp³-hybridized carbons (Fsp3) is 0.750. The third-order valence-corrected chi connectivity index (χ3v) is 2.46. The molecule has 1 N–H and O–H groups in total. The normalized spacial score (nSPS) is 32.9. The lowest BCUT2D eigenvalue weighted by Crippen LogP contribution is -2.53. The number of amides is 1. The minimum atomic E-state index is -1.17. The number of aliphatic carboxylic acids is 1. The molecule has 1 rings (SSSR count). The van der Waals surface area contributed by atoms with Crippen LogP contribution in [0, 0.1) is 0 Å². The number of hydrogen-bond donors (Lipinski definition) is 1. The van der Waals surface area contributed by atoms with E-state index in [4.69, 9.17) is 9.84 Å². The average molecular weight is 187 g/mol. The summed E-state index contributed by atoms with van der Waals surface area (Å²) in [6.07, 6.45) is 0.756. The second kappa shape index (κ2) is 3.33. The van der Waals surface area contributed by atoms with Gasteiger partial charge in [-0.2, -0.15) is 0 Å². The van der Waals surface area contributed by atoms with Gasteiger partial charge in [-0.3, -0.25) is 4.79 Å². The van der Waals surface area contributed by atoms with Crippen LogP contribution in [0.25, 0.3) is 0 Å². The fourth-order valence-corrected chi connectivity index (χ4v) is 1.52. The molecule has 1 aliphatic rings. The number of carboxylic acids is 1. The Balaban J connectivity index is 2.89. The van der Waals surface area contributed by atoms with Gasteiger partial charge in [0.05, 0.1) is 12.7 Å². The van der Waals surface area contributed by atoms with Crippen LogP contribution in [0.2, 0.25) is 0 Å². The molecule has 2 unspecified atom stereocenters. The lowest BCUT2D eigenvalue weighted by Gasteiger charge is -2.30. The predicted molar refractivity (Wildman–Crippen MR) is 44.2 cm³/mol. The van der Waals surface area contributed by atoms with Crippen molar-refractivity contribution in [2.24, 2.45) is 0 Å². The van der Waals surface area contributed by atoms with Crippen LogP contribution in [0.1, 0.15) is 13.3 Å². The maximum absolute atomic E-state index is 11.0. The van der Waals surface area contributed by atoms with E-state index in [0.29, 0.717) is 12.8 Å². The van der Waals surface area contributed by atoms with E-state index in [9.17, 15) is 9.59 Å². The Kier molecular flexibility index (Phi) is 2.56. The third kappa shape index (κ3) is 1.51. The zero-order valence-electron chi connectivity index (χ0n) is 7.69. The van der Waals surface area contributed by atoms with E-state index in [1.54, 1.807) is 6.92 Å². The highest BCUT2D eigenvalue weighted by Crippen LogP contribution is 2.28. The molecule has 13 heavy (non-hydrogen) atoms. The first kappa shape index (κ1) is 9.98. The van der Waals surface area contributed by atoms with Crippen molar-refractivity contribution >= 4 is 12.4 Å². The molecule has 0 aromatic rings. The first-order valence-electron chi connectivity index (χ1n) is 4.06. The summed E-state index contributed by atoms with van der Waals surface area (Å²) in [7, 11) is 1.46. The number of carbonyl (C=O) groups excluding carboxylic acids is 1. The number of rotatable bonds is 3. The molecule has 1 aliphatic heterocycles. The van der Waals surface area contributed by atoms with Gasteiger partial charge in [-0.15, -0.1) is 0 Å². The summed E-state index contributed by atoms with van der Waals surface area (Å²) in [5, 5.41) is 9.00. The molecule has 2 atom stereocenters. The molecule has 0 saturated carbocycles. The van der Waals surface area contributed by atoms with Crippen molar-refractivity contribution in [2.75, 3.05) is 13.7 Å². The molecule has 0 aliphatic carbocycles. The topological polar surface area (TPSA) is 66.8 Å². The smallest absolute Gasteiger partial charge is 0.332 e. The average Bonchev–Trinajstić information content (AvgIpc) is 2.47. The van der Waals surface area contributed by atoms with Gasteiger partial charge in [-0.25, -0.2) is 4.79 Å². The van der Waals surface area contributed by atoms with E-state index in [1.807, 2.05) is 0 Å². The molecule has 0 bridgehead atoms. The minimum absolute atomic E-state index is 0.0682. The quantitative estimate of drug-likeness (QED) is 0.616. The summed E-state index contributed by atoms with van der Waals surface area (Å²) < 4.78 is 5.17. The number of carboxylic acid groups (broad SMARTS) is 1. The summed E-state index contributed by atoms with van der Waals surface area (Å²) in [6, 6.07) is 0. The molecule has 5 heteroatoms. The van der Waals surface area contributed by atoms with Crippen LogP contribution < -0.4 is 0 Å². The highest BCUT2D eigenvalue weighted by atomic mass is 16.5. The van der Waals surface area contributed by atoms with Crippen LogP contribution in [0.15, 0.2) is 0 Å². The maximum Gasteiger partial charge on any atom is 0.332 e. The van der Waals surface area contributed by atoms with Crippen molar-refractivity contribution in [2.45, 2.75) is 25.0 Å². The van der Waals surface area contributed by atoms with E-state index in [-0.39, 0.29) is 12.7 Å². The van der Waals surface area contributed by atoms with Gasteiger partial charge in [0, 0.05) is 13.5 Å². The van der Waals surface area contributed by atoms with Crippen LogP contribution in [0.3, 0.4) is 0 Å². The van der Waals surface area contributed by atoms with Gasteiger partial charge >= 0.3 is 5.97 Å². The molecule has 0 spiro atoms. The highest BCUT2D eigenvalue weighted by molar-refractivity contribution is 5.82. The first-order chi connectivity index (χ1) is 6.03. The molecule has 1 heterocycles. The number of likely N-dealkylation sites (N-methyl/N-ethyl adjacent to an activating group) is 1. The molecule has 1 fully saturated rings. The molecule has 0 aromatic carbocycles. The molecule has 5 nitrogen and oxygen atoms in total. The summed E-state index contributed by atoms with van der Waals surface area (Å²) in [6.45, 7) is 1.86. The van der Waals surface area contributed by atoms with E-state index in [1.165, 1.54) is 11.9 Å². The van der Waals surface area contributed by atoms with Crippen LogP contribution >= 0.6 is 0 Å². The van der Waals surface area contributed by atoms with Crippen LogP contribution in [0.4, 0.5) is 0 Å². The summed E-state index contributed by atoms with van der Waals surface area (Å²) in [5.74, 6) is -1.01. The first-order valence-corrected chi connectivity index (χ1v) is 4.06. The van der Waals surface area contributed by atoms with Crippen LogP contribution in [-0.4, -0.2) is 47.7 Å². The van der Waals surface area contributed by atoms with Crippen molar-refractivity contribution in [3.63, 3.8) is 0 Å². The van der Waals surface area contributed by atoms with Crippen molar-refractivity contribution in [1.29, 1.82) is 0 Å². The van der Waals surface area contributed by atoms with Crippen LogP contribution in [-0.2, 0) is 14.3 Å². The van der Waals surface area contributed by atoms with E-state index in [0.717, 1.165) is 0 Å². The number of nitrogens with zero attached hydrogens (tertiary/aromatic N) is 1. The van der Waals surface area contributed by atoms with Gasteiger partial charge in [-0.05, 0) is 6.92 Å². The Morgan fingerprint density at radius 2 is 2.38 bits per heavy atom. The largest absolute Gasteiger partial charge is 0.479 e. The fourth-order valence-electron chi connectivity index (χ4n) is 1.52. The van der Waals surface area contributed by atoms with Gasteiger partial charge in [0.1, 0.15) is 0 Å². The second-order valence-electron chi connectivity index (χ2n) is 3.38. The number of carbonyl (C=O) groups is 2. The van der Waals surface area contributed by atoms with E-state index >= 15 is 0 Å². The summed E-state index contributed by atoms with van der Waals surface area (Å²) in [4.78, 5) is 22.7. The Hall–Kier alpha value is -1.10. The highest BCUT2D eigenvalue weighted by Gasteiger charge is 2.48. The SMILES string of the molecule is CC1CC(C(=O)O)(N(C)C=O)CO1. The Morgan fingerprint density at radius 1 is 1.77 bits per heavy atom. The molecule has 74 valence electrons. The lowest BCUT2D eigenvalue weighted by molar-refractivity contribution is -0.153. The molecule has 0 radical (unpaired) electrons. The molecule has 1 saturated heterocycles. The maximum atomic E-state index is 11.0.